The Morgan fingerprint density at radius 1 is 1.53 bits per heavy atom. The molecule has 0 saturated heterocycles. The van der Waals surface area contributed by atoms with Crippen LogP contribution in [0.2, 0.25) is 0 Å². The molecule has 80 valence electrons. The molecule has 0 radical (unpaired) electrons. The third kappa shape index (κ3) is 3.55. The molecule has 0 unspecified atom stereocenters. The number of carbonyl (C=O) groups is 1. The summed E-state index contributed by atoms with van der Waals surface area (Å²) in [6, 6.07) is 7.24. The van der Waals surface area contributed by atoms with Crippen molar-refractivity contribution in [2.75, 3.05) is 7.05 Å². The van der Waals surface area contributed by atoms with Crippen LogP contribution in [0.5, 0.6) is 0 Å². The number of carbonyl (C=O) groups excluding carboxylic acids is 1. The molecule has 1 rings (SSSR count). The zero-order chi connectivity index (χ0) is 11.3. The van der Waals surface area contributed by atoms with Crippen LogP contribution in [-0.4, -0.2) is 18.1 Å². The quantitative estimate of drug-likeness (QED) is 0.662. The van der Waals surface area contributed by atoms with Crippen LogP contribution in [0.25, 0.3) is 0 Å². The Labute approximate surface area is 93.9 Å². The molecule has 0 heterocycles. The first-order valence-corrected chi connectivity index (χ1v) is 4.88. The first kappa shape index (κ1) is 11.5. The molecule has 0 aromatic heterocycles. The van der Waals surface area contributed by atoms with Crippen LogP contribution in [0.15, 0.2) is 24.3 Å². The minimum Gasteiger partial charge on any atom is -0.389 e. The molecule has 0 spiro atoms. The topological polar surface area (TPSA) is 67.2 Å². The van der Waals surface area contributed by atoms with Gasteiger partial charge < -0.3 is 16.4 Å². The van der Waals surface area contributed by atoms with E-state index in [1.165, 1.54) is 0 Å². The molecule has 1 aromatic rings. The van der Waals surface area contributed by atoms with Crippen molar-refractivity contribution in [3.05, 3.63) is 35.4 Å². The van der Waals surface area contributed by atoms with Crippen LogP contribution in [0.3, 0.4) is 0 Å². The lowest BCUT2D eigenvalue weighted by Gasteiger charge is -2.05. The maximum atomic E-state index is 10.9. The van der Waals surface area contributed by atoms with E-state index in [1.807, 2.05) is 24.3 Å². The van der Waals surface area contributed by atoms with Gasteiger partial charge in [0.15, 0.2) is 0 Å². The fourth-order valence-corrected chi connectivity index (χ4v) is 1.23. The van der Waals surface area contributed by atoms with E-state index in [0.29, 0.717) is 11.5 Å². The first-order chi connectivity index (χ1) is 7.13. The summed E-state index contributed by atoms with van der Waals surface area (Å²) in [5.41, 5.74) is 7.27. The highest BCUT2D eigenvalue weighted by atomic mass is 32.1. The van der Waals surface area contributed by atoms with Gasteiger partial charge in [0.25, 0.3) is 0 Å². The number of urea groups is 1. The number of benzene rings is 1. The molecule has 0 saturated carbocycles. The maximum absolute atomic E-state index is 10.9. The molecule has 2 amide bonds. The largest absolute Gasteiger partial charge is 0.389 e. The van der Waals surface area contributed by atoms with Crippen molar-refractivity contribution < 1.29 is 4.79 Å². The summed E-state index contributed by atoms with van der Waals surface area (Å²) in [6.07, 6.45) is 0. The van der Waals surface area contributed by atoms with Crippen LogP contribution < -0.4 is 16.4 Å². The minimum absolute atomic E-state index is 0.212. The third-order valence-electron chi connectivity index (χ3n) is 1.89. The van der Waals surface area contributed by atoms with Gasteiger partial charge in [-0.3, -0.25) is 0 Å². The van der Waals surface area contributed by atoms with Crippen LogP contribution in [0.4, 0.5) is 4.79 Å². The van der Waals surface area contributed by atoms with Crippen molar-refractivity contribution in [1.82, 2.24) is 10.6 Å². The number of hydrogen-bond acceptors (Lipinski definition) is 2. The second-order valence-corrected chi connectivity index (χ2v) is 3.44. The van der Waals surface area contributed by atoms with Gasteiger partial charge >= 0.3 is 6.03 Å². The predicted molar refractivity (Wildman–Crippen MR) is 63.6 cm³/mol. The van der Waals surface area contributed by atoms with Gasteiger partial charge in [0, 0.05) is 19.2 Å². The SMILES string of the molecule is CNC(=O)NCc1cccc(C(N)=S)c1. The lowest BCUT2D eigenvalue weighted by molar-refractivity contribution is 0.242. The zero-order valence-corrected chi connectivity index (χ0v) is 9.23. The van der Waals surface area contributed by atoms with Crippen LogP contribution in [0.1, 0.15) is 11.1 Å². The molecule has 0 bridgehead atoms. The molecular weight excluding hydrogens is 210 g/mol. The number of nitrogens with one attached hydrogen (secondary N) is 2. The highest BCUT2D eigenvalue weighted by molar-refractivity contribution is 7.80. The van der Waals surface area contributed by atoms with Gasteiger partial charge in [-0.15, -0.1) is 0 Å². The summed E-state index contributed by atoms with van der Waals surface area (Å²) in [6.45, 7) is 0.454. The maximum Gasteiger partial charge on any atom is 0.314 e. The number of rotatable bonds is 3. The Kier molecular flexibility index (Phi) is 4.05. The van der Waals surface area contributed by atoms with Crippen molar-refractivity contribution in [2.24, 2.45) is 5.73 Å². The molecule has 4 N–H and O–H groups in total. The monoisotopic (exact) mass is 223 g/mol. The molecular formula is C10H13N3OS. The Morgan fingerprint density at radius 2 is 2.27 bits per heavy atom. The summed E-state index contributed by atoms with van der Waals surface area (Å²) >= 11 is 4.86. The van der Waals surface area contributed by atoms with Crippen molar-refractivity contribution >= 4 is 23.2 Å². The average molecular weight is 223 g/mol. The van der Waals surface area contributed by atoms with E-state index in [9.17, 15) is 4.79 Å². The second-order valence-electron chi connectivity index (χ2n) is 3.00. The van der Waals surface area contributed by atoms with E-state index in [2.05, 4.69) is 10.6 Å². The van der Waals surface area contributed by atoms with Gasteiger partial charge in [0.2, 0.25) is 0 Å². The van der Waals surface area contributed by atoms with Crippen molar-refractivity contribution in [1.29, 1.82) is 0 Å². The van der Waals surface area contributed by atoms with Crippen LogP contribution >= 0.6 is 12.2 Å². The number of nitrogens with two attached hydrogens (primary N) is 1. The van der Waals surface area contributed by atoms with Crippen LogP contribution in [0, 0.1) is 0 Å². The second kappa shape index (κ2) is 5.31. The summed E-state index contributed by atoms with van der Waals surface area (Å²) in [5.74, 6) is 0. The predicted octanol–water partition coefficient (Wildman–Crippen LogP) is 0.750. The summed E-state index contributed by atoms with van der Waals surface area (Å²) in [7, 11) is 1.57. The Balaban J connectivity index is 2.66. The standard InChI is InChI=1S/C10H13N3OS/c1-12-10(14)13-6-7-3-2-4-8(5-7)9(11)15/h2-5H,6H2,1H3,(H2,11,15)(H2,12,13,14). The highest BCUT2D eigenvalue weighted by Crippen LogP contribution is 2.04. The molecule has 1 aromatic carbocycles. The van der Waals surface area contributed by atoms with Gasteiger partial charge in [-0.1, -0.05) is 30.4 Å². The lowest BCUT2D eigenvalue weighted by atomic mass is 10.1. The Morgan fingerprint density at radius 3 is 2.87 bits per heavy atom. The Hall–Kier alpha value is -1.62. The molecule has 15 heavy (non-hydrogen) atoms. The van der Waals surface area contributed by atoms with E-state index < -0.39 is 0 Å². The average Bonchev–Trinajstić information content (AvgIpc) is 2.26. The zero-order valence-electron chi connectivity index (χ0n) is 8.41. The fraction of sp³-hybridized carbons (Fsp3) is 0.200. The Bertz CT molecular complexity index is 379. The van der Waals surface area contributed by atoms with E-state index in [4.69, 9.17) is 18.0 Å². The molecule has 0 fully saturated rings. The lowest BCUT2D eigenvalue weighted by Crippen LogP contribution is -2.32. The van der Waals surface area contributed by atoms with E-state index in [0.717, 1.165) is 11.1 Å². The molecule has 0 aliphatic carbocycles. The van der Waals surface area contributed by atoms with Crippen LogP contribution in [-0.2, 0) is 6.54 Å². The third-order valence-corrected chi connectivity index (χ3v) is 2.13. The minimum atomic E-state index is -0.212. The summed E-state index contributed by atoms with van der Waals surface area (Å²) in [4.78, 5) is 11.3. The van der Waals surface area contributed by atoms with E-state index in [-0.39, 0.29) is 6.03 Å². The number of thiocarbonyl (C=S) groups is 1. The fourth-order valence-electron chi connectivity index (χ4n) is 1.11. The van der Waals surface area contributed by atoms with Crippen molar-refractivity contribution in [2.45, 2.75) is 6.54 Å². The summed E-state index contributed by atoms with van der Waals surface area (Å²) < 4.78 is 0. The van der Waals surface area contributed by atoms with Crippen molar-refractivity contribution in [3.8, 4) is 0 Å². The van der Waals surface area contributed by atoms with E-state index in [1.54, 1.807) is 7.05 Å². The first-order valence-electron chi connectivity index (χ1n) is 4.48. The summed E-state index contributed by atoms with van der Waals surface area (Å²) in [5, 5.41) is 5.15. The number of amides is 2. The molecule has 4 nitrogen and oxygen atoms in total. The van der Waals surface area contributed by atoms with Gasteiger partial charge in [-0.2, -0.15) is 0 Å². The smallest absolute Gasteiger partial charge is 0.314 e. The molecule has 0 aliphatic rings. The van der Waals surface area contributed by atoms with Gasteiger partial charge in [-0.05, 0) is 11.6 Å². The molecule has 0 atom stereocenters. The normalized spacial score (nSPS) is 9.40. The highest BCUT2D eigenvalue weighted by Gasteiger charge is 2.00. The van der Waals surface area contributed by atoms with Gasteiger partial charge in [-0.25, -0.2) is 4.79 Å². The van der Waals surface area contributed by atoms with E-state index >= 15 is 0 Å². The molecule has 5 heteroatoms. The van der Waals surface area contributed by atoms with Crippen molar-refractivity contribution in [3.63, 3.8) is 0 Å². The molecule has 0 aliphatic heterocycles. The van der Waals surface area contributed by atoms with Gasteiger partial charge in [0.05, 0.1) is 0 Å². The number of hydrogen-bond donors (Lipinski definition) is 3. The van der Waals surface area contributed by atoms with Gasteiger partial charge in [0.1, 0.15) is 4.99 Å².